The molecule has 0 aliphatic heterocycles. The Labute approximate surface area is 159 Å². The van der Waals surface area contributed by atoms with Crippen molar-refractivity contribution < 1.29 is 0 Å². The largest absolute Gasteiger partial charge is 0.117 e. The molecule has 0 spiro atoms. The van der Waals surface area contributed by atoms with E-state index in [2.05, 4.69) is 7.28 Å². The highest BCUT2D eigenvalue weighted by atomic mass is 14.3. The van der Waals surface area contributed by atoms with Gasteiger partial charge < -0.3 is 0 Å². The Morgan fingerprint density at radius 1 is 0.320 bits per heavy atom. The second-order valence-corrected chi connectivity index (χ2v) is 9.78. The second kappa shape index (κ2) is 11.7. The summed E-state index contributed by atoms with van der Waals surface area (Å²) >= 11 is 0. The first kappa shape index (κ1) is 19.8. The maximum atomic E-state index is 2.87. The van der Waals surface area contributed by atoms with Crippen LogP contribution in [0, 0.1) is 11.8 Å². The van der Waals surface area contributed by atoms with Gasteiger partial charge in [0.15, 0.2) is 0 Å². The Hall–Kier alpha value is 0.0649. The summed E-state index contributed by atoms with van der Waals surface area (Å²) in [7, 11) is 2.87. The topological polar surface area (TPSA) is 0 Å². The third kappa shape index (κ3) is 7.30. The molecule has 0 amide bonds. The highest BCUT2D eigenvalue weighted by Gasteiger charge is 2.26. The van der Waals surface area contributed by atoms with E-state index in [1.807, 2.05) is 0 Å². The van der Waals surface area contributed by atoms with Gasteiger partial charge in [0.25, 0.3) is 0 Å². The van der Waals surface area contributed by atoms with Gasteiger partial charge in [0, 0.05) is 0 Å². The molecular weight excluding hydrogens is 299 g/mol. The maximum Gasteiger partial charge on any atom is 0.117 e. The van der Waals surface area contributed by atoms with E-state index in [0.29, 0.717) is 0 Å². The zero-order chi connectivity index (χ0) is 17.2. The first-order chi connectivity index (χ1) is 12.4. The molecule has 0 aromatic carbocycles. The summed E-state index contributed by atoms with van der Waals surface area (Å²) in [5.74, 6) is 4.08. The van der Waals surface area contributed by atoms with Crippen molar-refractivity contribution in [2.45, 2.75) is 140 Å². The van der Waals surface area contributed by atoms with Crippen molar-refractivity contribution in [3.05, 3.63) is 0 Å². The molecule has 0 N–H and O–H groups in total. The lowest BCUT2D eigenvalue weighted by molar-refractivity contribution is 0.220. The zero-order valence-electron chi connectivity index (χ0n) is 17.0. The van der Waals surface area contributed by atoms with Gasteiger partial charge in [-0.3, -0.25) is 0 Å². The van der Waals surface area contributed by atoms with Gasteiger partial charge in [0.2, 0.25) is 0 Å². The average molecular weight is 343 g/mol. The molecular formula is C24H44B. The van der Waals surface area contributed by atoms with Crippen LogP contribution in [0.1, 0.15) is 128 Å². The molecule has 0 aromatic heterocycles. The molecule has 3 saturated carbocycles. The van der Waals surface area contributed by atoms with Gasteiger partial charge in [-0.1, -0.05) is 140 Å². The van der Waals surface area contributed by atoms with E-state index in [4.69, 9.17) is 0 Å². The van der Waals surface area contributed by atoms with Crippen molar-refractivity contribution in [1.29, 1.82) is 0 Å². The van der Waals surface area contributed by atoms with E-state index >= 15 is 0 Å². The van der Waals surface area contributed by atoms with Crippen LogP contribution in [0.3, 0.4) is 0 Å². The summed E-state index contributed by atoms with van der Waals surface area (Å²) in [6, 6.07) is 0. The van der Waals surface area contributed by atoms with Crippen molar-refractivity contribution in [2.24, 2.45) is 11.8 Å². The van der Waals surface area contributed by atoms with Crippen LogP contribution >= 0.6 is 0 Å². The standard InChI is InChI=1S/C24H44B/c1-3-7-13-21(14-8-4-1)22-15-11-12-18-24(20-19-22)25-23-16-9-5-2-6-10-17-23/h21-24H,1-20H2. The first-order valence-corrected chi connectivity index (χ1v) is 12.3. The van der Waals surface area contributed by atoms with E-state index in [9.17, 15) is 0 Å². The first-order valence-electron chi connectivity index (χ1n) is 12.3. The summed E-state index contributed by atoms with van der Waals surface area (Å²) in [6.07, 6.45) is 30.4. The molecule has 1 radical (unpaired) electrons. The summed E-state index contributed by atoms with van der Waals surface area (Å²) in [5.41, 5.74) is 0. The minimum Gasteiger partial charge on any atom is -0.0686 e. The molecule has 3 fully saturated rings. The fraction of sp³-hybridized carbons (Fsp3) is 1.00. The van der Waals surface area contributed by atoms with Gasteiger partial charge in [0.05, 0.1) is 0 Å². The summed E-state index contributed by atoms with van der Waals surface area (Å²) in [6.45, 7) is 0. The quantitative estimate of drug-likeness (QED) is 0.452. The molecule has 3 rings (SSSR count). The van der Waals surface area contributed by atoms with Gasteiger partial charge in [-0.25, -0.2) is 0 Å². The van der Waals surface area contributed by atoms with Gasteiger partial charge >= 0.3 is 0 Å². The fourth-order valence-electron chi connectivity index (χ4n) is 6.22. The van der Waals surface area contributed by atoms with Gasteiger partial charge in [0.1, 0.15) is 7.28 Å². The predicted molar refractivity (Wildman–Crippen MR) is 113 cm³/mol. The van der Waals surface area contributed by atoms with Crippen LogP contribution in [0.2, 0.25) is 11.6 Å². The highest BCUT2D eigenvalue weighted by molar-refractivity contribution is 6.39. The van der Waals surface area contributed by atoms with Crippen molar-refractivity contribution in [1.82, 2.24) is 0 Å². The lowest BCUT2D eigenvalue weighted by Crippen LogP contribution is -2.21. The predicted octanol–water partition coefficient (Wildman–Crippen LogP) is 8.34. The lowest BCUT2D eigenvalue weighted by atomic mass is 9.49. The van der Waals surface area contributed by atoms with Crippen molar-refractivity contribution >= 4 is 7.28 Å². The Kier molecular flexibility index (Phi) is 9.28. The minimum absolute atomic E-state index is 0.959. The van der Waals surface area contributed by atoms with E-state index in [1.54, 1.807) is 25.7 Å². The van der Waals surface area contributed by atoms with Gasteiger partial charge in [-0.2, -0.15) is 0 Å². The van der Waals surface area contributed by atoms with E-state index < -0.39 is 0 Å². The molecule has 143 valence electrons. The molecule has 3 aliphatic carbocycles. The fourth-order valence-corrected chi connectivity index (χ4v) is 6.22. The summed E-state index contributed by atoms with van der Waals surface area (Å²) in [5, 5.41) is 0. The smallest absolute Gasteiger partial charge is 0.0686 e. The van der Waals surface area contributed by atoms with Crippen LogP contribution in [-0.4, -0.2) is 7.28 Å². The van der Waals surface area contributed by atoms with E-state index in [1.165, 1.54) is 103 Å². The van der Waals surface area contributed by atoms with Crippen LogP contribution in [0.25, 0.3) is 0 Å². The third-order valence-corrected chi connectivity index (χ3v) is 7.82. The average Bonchev–Trinajstić information content (AvgIpc) is 2.53. The van der Waals surface area contributed by atoms with Crippen LogP contribution < -0.4 is 0 Å². The lowest BCUT2D eigenvalue weighted by Gasteiger charge is -2.33. The van der Waals surface area contributed by atoms with Crippen LogP contribution in [0.4, 0.5) is 0 Å². The molecule has 25 heavy (non-hydrogen) atoms. The minimum atomic E-state index is 0.959. The summed E-state index contributed by atoms with van der Waals surface area (Å²) in [4.78, 5) is 0. The molecule has 0 heterocycles. The van der Waals surface area contributed by atoms with E-state index in [-0.39, 0.29) is 0 Å². The van der Waals surface area contributed by atoms with Gasteiger partial charge in [-0.15, -0.1) is 0 Å². The molecule has 2 atom stereocenters. The molecule has 0 bridgehead atoms. The maximum absolute atomic E-state index is 2.87. The number of rotatable bonds is 3. The normalized spacial score (nSPS) is 32.5. The van der Waals surface area contributed by atoms with Crippen molar-refractivity contribution in [2.75, 3.05) is 0 Å². The van der Waals surface area contributed by atoms with E-state index in [0.717, 1.165) is 23.5 Å². The Morgan fingerprint density at radius 3 is 1.28 bits per heavy atom. The Bertz CT molecular complexity index is 323. The molecule has 1 heteroatoms. The highest BCUT2D eigenvalue weighted by Crippen LogP contribution is 2.40. The van der Waals surface area contributed by atoms with Crippen LogP contribution in [-0.2, 0) is 0 Å². The number of hydrogen-bond acceptors (Lipinski definition) is 0. The van der Waals surface area contributed by atoms with Gasteiger partial charge in [-0.05, 0) is 11.8 Å². The molecule has 2 unspecified atom stereocenters. The number of hydrogen-bond donors (Lipinski definition) is 0. The Balaban J connectivity index is 1.46. The SMILES string of the molecule is [B](C1CCCCCCC1)C1CCCCC(C2CCCCCCC2)CC1. The molecule has 0 nitrogen and oxygen atoms in total. The molecule has 0 saturated heterocycles. The van der Waals surface area contributed by atoms with Crippen LogP contribution in [0.15, 0.2) is 0 Å². The monoisotopic (exact) mass is 343 g/mol. The van der Waals surface area contributed by atoms with Crippen molar-refractivity contribution in [3.63, 3.8) is 0 Å². The molecule has 3 aliphatic rings. The Morgan fingerprint density at radius 2 is 0.680 bits per heavy atom. The zero-order valence-corrected chi connectivity index (χ0v) is 17.0. The second-order valence-electron chi connectivity index (χ2n) is 9.78. The third-order valence-electron chi connectivity index (χ3n) is 7.82. The van der Waals surface area contributed by atoms with Crippen LogP contribution in [0.5, 0.6) is 0 Å². The molecule has 0 aromatic rings. The summed E-state index contributed by atoms with van der Waals surface area (Å²) < 4.78 is 0. The van der Waals surface area contributed by atoms with Crippen molar-refractivity contribution in [3.8, 4) is 0 Å².